The monoisotopic (exact) mass is 251 g/mol. The van der Waals surface area contributed by atoms with Gasteiger partial charge in [-0.25, -0.2) is 9.36 Å². The number of hydrogen-bond donors (Lipinski definition) is 2. The molecule has 0 unspecified atom stereocenters. The molecule has 2 aromatic rings. The standard InChI is InChI=1S/C11H10ClN3O2/c1-6-7(12)3-2-4-8(6)15-9(13)5-10(16)14-11(15)17/h2-5H,13H2,1H3,(H,14,16,17). The zero-order valence-electron chi connectivity index (χ0n) is 9.03. The maximum Gasteiger partial charge on any atom is 0.334 e. The highest BCUT2D eigenvalue weighted by molar-refractivity contribution is 6.31. The van der Waals surface area contributed by atoms with Crippen LogP contribution in [0.3, 0.4) is 0 Å². The van der Waals surface area contributed by atoms with Crippen LogP contribution < -0.4 is 17.0 Å². The summed E-state index contributed by atoms with van der Waals surface area (Å²) in [6.07, 6.45) is 0. The maximum atomic E-state index is 11.7. The van der Waals surface area contributed by atoms with Crippen molar-refractivity contribution in [1.82, 2.24) is 9.55 Å². The molecule has 0 fully saturated rings. The minimum Gasteiger partial charge on any atom is -0.385 e. The van der Waals surface area contributed by atoms with Gasteiger partial charge in [0, 0.05) is 11.1 Å². The molecule has 5 nitrogen and oxygen atoms in total. The van der Waals surface area contributed by atoms with E-state index in [0.29, 0.717) is 10.7 Å². The average molecular weight is 252 g/mol. The number of aromatic amines is 1. The summed E-state index contributed by atoms with van der Waals surface area (Å²) < 4.78 is 1.21. The highest BCUT2D eigenvalue weighted by Crippen LogP contribution is 2.22. The minimum atomic E-state index is -0.583. The topological polar surface area (TPSA) is 80.9 Å². The van der Waals surface area contributed by atoms with E-state index in [9.17, 15) is 9.59 Å². The number of nitrogens with two attached hydrogens (primary N) is 1. The van der Waals surface area contributed by atoms with Gasteiger partial charge in [-0.15, -0.1) is 0 Å². The molecule has 0 saturated carbocycles. The van der Waals surface area contributed by atoms with E-state index in [1.165, 1.54) is 4.57 Å². The summed E-state index contributed by atoms with van der Waals surface area (Å²) in [5.74, 6) is 0.0733. The molecule has 1 aromatic heterocycles. The lowest BCUT2D eigenvalue weighted by molar-refractivity contribution is 0.902. The van der Waals surface area contributed by atoms with Crippen molar-refractivity contribution in [1.29, 1.82) is 0 Å². The van der Waals surface area contributed by atoms with Gasteiger partial charge in [0.05, 0.1) is 5.69 Å². The van der Waals surface area contributed by atoms with Crippen LogP contribution in [0.5, 0.6) is 0 Å². The van der Waals surface area contributed by atoms with Gasteiger partial charge >= 0.3 is 5.69 Å². The number of rotatable bonds is 1. The molecule has 6 heteroatoms. The summed E-state index contributed by atoms with van der Waals surface area (Å²) in [7, 11) is 0. The molecule has 0 radical (unpaired) electrons. The quantitative estimate of drug-likeness (QED) is 0.796. The number of nitrogens with zero attached hydrogens (tertiary/aromatic N) is 1. The Bertz CT molecular complexity index is 688. The predicted molar refractivity (Wildman–Crippen MR) is 66.8 cm³/mol. The van der Waals surface area contributed by atoms with Gasteiger partial charge in [-0.05, 0) is 24.6 Å². The van der Waals surface area contributed by atoms with Crippen LogP contribution in [0, 0.1) is 6.92 Å². The number of H-pyrrole nitrogens is 1. The van der Waals surface area contributed by atoms with Crippen LogP contribution >= 0.6 is 11.6 Å². The number of nitrogen functional groups attached to an aromatic ring is 1. The fraction of sp³-hybridized carbons (Fsp3) is 0.0909. The predicted octanol–water partition coefficient (Wildman–Crippen LogP) is 1.07. The van der Waals surface area contributed by atoms with E-state index < -0.39 is 11.2 Å². The van der Waals surface area contributed by atoms with Gasteiger partial charge < -0.3 is 5.73 Å². The Morgan fingerprint density at radius 2 is 2.06 bits per heavy atom. The van der Waals surface area contributed by atoms with Crippen molar-refractivity contribution in [3.05, 3.63) is 55.7 Å². The van der Waals surface area contributed by atoms with Gasteiger partial charge in [0.15, 0.2) is 0 Å². The van der Waals surface area contributed by atoms with Crippen LogP contribution in [0.1, 0.15) is 5.56 Å². The molecule has 0 aliphatic carbocycles. The number of benzene rings is 1. The molecule has 3 N–H and O–H groups in total. The largest absolute Gasteiger partial charge is 0.385 e. The molecular formula is C11H10ClN3O2. The second-order valence-corrected chi connectivity index (χ2v) is 3.99. The number of halogens is 1. The molecule has 1 aromatic carbocycles. The third kappa shape index (κ3) is 1.97. The molecule has 0 saturated heterocycles. The Hall–Kier alpha value is -2.01. The smallest absolute Gasteiger partial charge is 0.334 e. The van der Waals surface area contributed by atoms with Crippen LogP contribution in [-0.2, 0) is 0 Å². The fourth-order valence-electron chi connectivity index (χ4n) is 1.60. The lowest BCUT2D eigenvalue weighted by atomic mass is 10.2. The van der Waals surface area contributed by atoms with Gasteiger partial charge in [-0.1, -0.05) is 17.7 Å². The van der Waals surface area contributed by atoms with Gasteiger partial charge in [-0.3, -0.25) is 9.78 Å². The second-order valence-electron chi connectivity index (χ2n) is 3.58. The molecule has 17 heavy (non-hydrogen) atoms. The summed E-state index contributed by atoms with van der Waals surface area (Å²) >= 11 is 5.97. The van der Waals surface area contributed by atoms with Crippen molar-refractivity contribution < 1.29 is 0 Å². The van der Waals surface area contributed by atoms with E-state index in [-0.39, 0.29) is 5.82 Å². The zero-order chi connectivity index (χ0) is 12.6. The first-order valence-electron chi connectivity index (χ1n) is 4.88. The Kier molecular flexibility index (Phi) is 2.77. The van der Waals surface area contributed by atoms with Crippen molar-refractivity contribution in [3.8, 4) is 5.69 Å². The molecule has 0 atom stereocenters. The van der Waals surface area contributed by atoms with Crippen LogP contribution in [0.2, 0.25) is 5.02 Å². The van der Waals surface area contributed by atoms with Gasteiger partial charge in [0.2, 0.25) is 0 Å². The number of anilines is 1. The van der Waals surface area contributed by atoms with E-state index in [1.807, 2.05) is 0 Å². The van der Waals surface area contributed by atoms with E-state index in [0.717, 1.165) is 11.6 Å². The highest BCUT2D eigenvalue weighted by atomic mass is 35.5. The van der Waals surface area contributed by atoms with E-state index in [4.69, 9.17) is 17.3 Å². The maximum absolute atomic E-state index is 11.7. The summed E-state index contributed by atoms with van der Waals surface area (Å²) in [5, 5.41) is 0.528. The lowest BCUT2D eigenvalue weighted by Gasteiger charge is -2.11. The van der Waals surface area contributed by atoms with E-state index in [1.54, 1.807) is 25.1 Å². The highest BCUT2D eigenvalue weighted by Gasteiger charge is 2.09. The van der Waals surface area contributed by atoms with Crippen LogP contribution in [0.15, 0.2) is 33.9 Å². The summed E-state index contributed by atoms with van der Waals surface area (Å²) in [6, 6.07) is 6.29. The third-order valence-corrected chi connectivity index (χ3v) is 2.86. The first kappa shape index (κ1) is 11.5. The van der Waals surface area contributed by atoms with Crippen LogP contribution in [-0.4, -0.2) is 9.55 Å². The van der Waals surface area contributed by atoms with Crippen molar-refractivity contribution in [3.63, 3.8) is 0 Å². The first-order chi connectivity index (χ1) is 8.00. The van der Waals surface area contributed by atoms with Gasteiger partial charge in [-0.2, -0.15) is 0 Å². The van der Waals surface area contributed by atoms with Crippen molar-refractivity contribution in [2.75, 3.05) is 5.73 Å². The van der Waals surface area contributed by atoms with Gasteiger partial charge in [0.1, 0.15) is 5.82 Å². The number of nitrogens with one attached hydrogen (secondary N) is 1. The molecule has 2 rings (SSSR count). The van der Waals surface area contributed by atoms with Crippen LogP contribution in [0.4, 0.5) is 5.82 Å². The molecular weight excluding hydrogens is 242 g/mol. The third-order valence-electron chi connectivity index (χ3n) is 2.45. The SMILES string of the molecule is Cc1c(Cl)cccc1-n1c(N)cc(=O)[nH]c1=O. The molecule has 0 amide bonds. The number of hydrogen-bond acceptors (Lipinski definition) is 3. The molecule has 88 valence electrons. The normalized spacial score (nSPS) is 10.5. The molecule has 0 bridgehead atoms. The second kappa shape index (κ2) is 4.10. The molecule has 0 aliphatic heterocycles. The Morgan fingerprint density at radius 1 is 1.35 bits per heavy atom. The van der Waals surface area contributed by atoms with E-state index in [2.05, 4.69) is 4.98 Å². The Morgan fingerprint density at radius 3 is 2.71 bits per heavy atom. The first-order valence-corrected chi connectivity index (χ1v) is 5.26. The minimum absolute atomic E-state index is 0.0733. The summed E-state index contributed by atoms with van der Waals surface area (Å²) in [4.78, 5) is 24.9. The summed E-state index contributed by atoms with van der Waals surface area (Å²) in [6.45, 7) is 1.77. The number of aromatic nitrogens is 2. The Labute approximate surface area is 101 Å². The zero-order valence-corrected chi connectivity index (χ0v) is 9.78. The molecule has 1 heterocycles. The molecule has 0 aliphatic rings. The van der Waals surface area contributed by atoms with Crippen LogP contribution in [0.25, 0.3) is 5.69 Å². The fourth-order valence-corrected chi connectivity index (χ4v) is 1.77. The summed E-state index contributed by atoms with van der Waals surface area (Å²) in [5.41, 5.74) is 5.84. The van der Waals surface area contributed by atoms with Crippen molar-refractivity contribution in [2.45, 2.75) is 6.92 Å². The van der Waals surface area contributed by atoms with E-state index >= 15 is 0 Å². The van der Waals surface area contributed by atoms with Crippen molar-refractivity contribution >= 4 is 17.4 Å². The average Bonchev–Trinajstić information content (AvgIpc) is 2.23. The Balaban J connectivity index is 2.82. The molecule has 0 spiro atoms. The van der Waals surface area contributed by atoms with Gasteiger partial charge in [0.25, 0.3) is 5.56 Å². The lowest BCUT2D eigenvalue weighted by Crippen LogP contribution is -2.30. The van der Waals surface area contributed by atoms with Crippen molar-refractivity contribution in [2.24, 2.45) is 0 Å².